The molecule has 0 saturated carbocycles. The van der Waals surface area contributed by atoms with Crippen LogP contribution in [0.5, 0.6) is 0 Å². The third-order valence-corrected chi connectivity index (χ3v) is 5.78. The number of H-pyrrole nitrogens is 1. The first-order valence-electron chi connectivity index (χ1n) is 11.0. The van der Waals surface area contributed by atoms with E-state index in [1.165, 1.54) is 4.57 Å². The van der Waals surface area contributed by atoms with E-state index >= 15 is 0 Å². The lowest BCUT2D eigenvalue weighted by atomic mass is 10.1. The van der Waals surface area contributed by atoms with Crippen molar-refractivity contribution in [3.8, 4) is 0 Å². The van der Waals surface area contributed by atoms with E-state index in [1.807, 2.05) is 74.6 Å². The molecule has 33 heavy (non-hydrogen) atoms. The van der Waals surface area contributed by atoms with E-state index in [9.17, 15) is 9.59 Å². The normalized spacial score (nSPS) is 11.9. The SMILES string of the molecule is Cc1ccc(NC(C)Cc2ccccc2N)c(=O)n1CC(=O)NCc1ccc2[nH]ccc2c1. The van der Waals surface area contributed by atoms with Gasteiger partial charge in [-0.25, -0.2) is 0 Å². The van der Waals surface area contributed by atoms with Crippen LogP contribution in [0.25, 0.3) is 10.9 Å². The number of nitrogens with two attached hydrogens (primary N) is 1. The van der Waals surface area contributed by atoms with Crippen LogP contribution in [0.15, 0.2) is 71.7 Å². The number of para-hydroxylation sites is 1. The highest BCUT2D eigenvalue weighted by Gasteiger charge is 2.13. The van der Waals surface area contributed by atoms with Crippen molar-refractivity contribution in [1.82, 2.24) is 14.9 Å². The number of anilines is 2. The van der Waals surface area contributed by atoms with Crippen molar-refractivity contribution in [1.29, 1.82) is 0 Å². The van der Waals surface area contributed by atoms with Crippen molar-refractivity contribution in [2.45, 2.75) is 39.4 Å². The molecule has 0 aliphatic heterocycles. The summed E-state index contributed by atoms with van der Waals surface area (Å²) in [5, 5.41) is 7.29. The molecule has 7 nitrogen and oxygen atoms in total. The third kappa shape index (κ3) is 5.26. The first-order chi connectivity index (χ1) is 15.9. The van der Waals surface area contributed by atoms with Crippen LogP contribution < -0.4 is 21.9 Å². The monoisotopic (exact) mass is 443 g/mol. The van der Waals surface area contributed by atoms with Gasteiger partial charge in [-0.1, -0.05) is 24.3 Å². The summed E-state index contributed by atoms with van der Waals surface area (Å²) >= 11 is 0. The molecule has 4 rings (SSSR count). The Hall–Kier alpha value is -4.00. The number of amides is 1. The van der Waals surface area contributed by atoms with Gasteiger partial charge in [0.25, 0.3) is 5.56 Å². The number of aromatic nitrogens is 2. The molecule has 1 amide bonds. The van der Waals surface area contributed by atoms with E-state index in [0.29, 0.717) is 18.7 Å². The molecule has 4 aromatic rings. The van der Waals surface area contributed by atoms with Gasteiger partial charge in [0.2, 0.25) is 5.91 Å². The molecule has 2 aromatic heterocycles. The molecule has 2 aromatic carbocycles. The summed E-state index contributed by atoms with van der Waals surface area (Å²) in [4.78, 5) is 28.8. The number of pyridine rings is 1. The van der Waals surface area contributed by atoms with E-state index in [1.54, 1.807) is 6.07 Å². The molecule has 5 N–H and O–H groups in total. The highest BCUT2D eigenvalue weighted by molar-refractivity contribution is 5.80. The van der Waals surface area contributed by atoms with Gasteiger partial charge >= 0.3 is 0 Å². The predicted molar refractivity (Wildman–Crippen MR) is 133 cm³/mol. The summed E-state index contributed by atoms with van der Waals surface area (Å²) in [6.45, 7) is 4.20. The number of carbonyl (C=O) groups is 1. The van der Waals surface area contributed by atoms with Crippen molar-refractivity contribution in [3.63, 3.8) is 0 Å². The fourth-order valence-corrected chi connectivity index (χ4v) is 3.96. The Morgan fingerprint density at radius 3 is 2.76 bits per heavy atom. The first kappa shape index (κ1) is 22.2. The average molecular weight is 444 g/mol. The van der Waals surface area contributed by atoms with E-state index in [0.717, 1.165) is 33.4 Å². The average Bonchev–Trinajstić information content (AvgIpc) is 3.27. The molecular formula is C26H29N5O2. The molecule has 0 fully saturated rings. The minimum atomic E-state index is -0.216. The van der Waals surface area contributed by atoms with Crippen LogP contribution >= 0.6 is 0 Å². The van der Waals surface area contributed by atoms with Gasteiger partial charge in [-0.05, 0) is 73.2 Å². The van der Waals surface area contributed by atoms with Crippen molar-refractivity contribution in [2.75, 3.05) is 11.1 Å². The predicted octanol–water partition coefficient (Wildman–Crippen LogP) is 3.58. The van der Waals surface area contributed by atoms with Crippen molar-refractivity contribution < 1.29 is 4.79 Å². The molecule has 170 valence electrons. The third-order valence-electron chi connectivity index (χ3n) is 5.78. The summed E-state index contributed by atoms with van der Waals surface area (Å²) in [7, 11) is 0. The zero-order valence-corrected chi connectivity index (χ0v) is 18.9. The molecule has 1 unspecified atom stereocenters. The van der Waals surface area contributed by atoms with E-state index in [2.05, 4.69) is 15.6 Å². The van der Waals surface area contributed by atoms with Gasteiger partial charge in [-0.15, -0.1) is 0 Å². The molecule has 0 radical (unpaired) electrons. The second kappa shape index (κ2) is 9.65. The number of fused-ring (bicyclic) bond motifs is 1. The molecule has 0 saturated heterocycles. The number of carbonyl (C=O) groups excluding carboxylic acids is 1. The second-order valence-electron chi connectivity index (χ2n) is 8.40. The summed E-state index contributed by atoms with van der Waals surface area (Å²) < 4.78 is 1.50. The number of nitrogens with one attached hydrogen (secondary N) is 3. The Bertz CT molecular complexity index is 1340. The van der Waals surface area contributed by atoms with Crippen LogP contribution in [0.1, 0.15) is 23.7 Å². The Balaban J connectivity index is 1.40. The molecule has 0 aliphatic rings. The smallest absolute Gasteiger partial charge is 0.274 e. The van der Waals surface area contributed by atoms with E-state index < -0.39 is 0 Å². The van der Waals surface area contributed by atoms with Gasteiger partial charge < -0.3 is 25.9 Å². The van der Waals surface area contributed by atoms with Crippen LogP contribution in [-0.4, -0.2) is 21.5 Å². The standard InChI is InChI=1S/C26H29N5O2/c1-17(13-20-5-3-4-6-22(20)27)30-24-9-7-18(2)31(26(24)33)16-25(32)29-15-19-8-10-23-21(14-19)11-12-28-23/h3-12,14,17,28,30H,13,15-16,27H2,1-2H3,(H,29,32). The molecular weight excluding hydrogens is 414 g/mol. The fraction of sp³-hybridized carbons (Fsp3) is 0.231. The van der Waals surface area contributed by atoms with Crippen LogP contribution in [0.2, 0.25) is 0 Å². The topological polar surface area (TPSA) is 105 Å². The number of hydrogen-bond donors (Lipinski definition) is 4. The van der Waals surface area contributed by atoms with Crippen LogP contribution in [-0.2, 0) is 24.3 Å². The molecule has 7 heteroatoms. The molecule has 2 heterocycles. The Morgan fingerprint density at radius 2 is 1.94 bits per heavy atom. The van der Waals surface area contributed by atoms with Gasteiger partial charge in [-0.2, -0.15) is 0 Å². The quantitative estimate of drug-likeness (QED) is 0.312. The van der Waals surface area contributed by atoms with Crippen LogP contribution in [0.3, 0.4) is 0 Å². The van der Waals surface area contributed by atoms with Crippen LogP contribution in [0.4, 0.5) is 11.4 Å². The molecule has 0 aliphatic carbocycles. The number of benzene rings is 2. The zero-order chi connectivity index (χ0) is 23.4. The van der Waals surface area contributed by atoms with E-state index in [4.69, 9.17) is 5.73 Å². The van der Waals surface area contributed by atoms with Gasteiger partial charge in [0.15, 0.2) is 0 Å². The highest BCUT2D eigenvalue weighted by Crippen LogP contribution is 2.16. The second-order valence-corrected chi connectivity index (χ2v) is 8.40. The number of aryl methyl sites for hydroxylation is 1. The number of nitrogens with zero attached hydrogens (tertiary/aromatic N) is 1. The summed E-state index contributed by atoms with van der Waals surface area (Å²) in [6, 6.07) is 19.3. The summed E-state index contributed by atoms with van der Waals surface area (Å²) in [6.07, 6.45) is 2.57. The number of rotatable bonds is 8. The van der Waals surface area contributed by atoms with Crippen molar-refractivity contribution >= 4 is 28.2 Å². The zero-order valence-electron chi connectivity index (χ0n) is 18.9. The Morgan fingerprint density at radius 1 is 1.12 bits per heavy atom. The summed E-state index contributed by atoms with van der Waals surface area (Å²) in [5.41, 5.74) is 10.9. The van der Waals surface area contributed by atoms with Crippen molar-refractivity contribution in [3.05, 3.63) is 94.0 Å². The largest absolute Gasteiger partial charge is 0.399 e. The summed E-state index contributed by atoms with van der Waals surface area (Å²) in [5.74, 6) is -0.211. The molecule has 0 bridgehead atoms. The maximum Gasteiger partial charge on any atom is 0.274 e. The minimum Gasteiger partial charge on any atom is -0.399 e. The number of aromatic amines is 1. The Labute approximate surface area is 192 Å². The van der Waals surface area contributed by atoms with E-state index in [-0.39, 0.29) is 24.1 Å². The maximum atomic E-state index is 13.1. The van der Waals surface area contributed by atoms with Gasteiger partial charge in [0.1, 0.15) is 12.2 Å². The maximum absolute atomic E-state index is 13.1. The van der Waals surface area contributed by atoms with Crippen molar-refractivity contribution in [2.24, 2.45) is 0 Å². The fourth-order valence-electron chi connectivity index (χ4n) is 3.96. The Kier molecular flexibility index (Phi) is 6.49. The lowest BCUT2D eigenvalue weighted by molar-refractivity contribution is -0.121. The lowest BCUT2D eigenvalue weighted by Gasteiger charge is -2.18. The minimum absolute atomic E-state index is 0.00395. The van der Waals surface area contributed by atoms with Gasteiger partial charge in [0, 0.05) is 35.7 Å². The highest BCUT2D eigenvalue weighted by atomic mass is 16.2. The first-order valence-corrected chi connectivity index (χ1v) is 11.0. The van der Waals surface area contributed by atoms with Crippen LogP contribution in [0, 0.1) is 6.92 Å². The number of nitrogen functional groups attached to an aromatic ring is 1. The lowest BCUT2D eigenvalue weighted by Crippen LogP contribution is -2.35. The van der Waals surface area contributed by atoms with Gasteiger partial charge in [-0.3, -0.25) is 9.59 Å². The van der Waals surface area contributed by atoms with Gasteiger partial charge in [0.05, 0.1) is 0 Å². The molecule has 1 atom stereocenters. The molecule has 0 spiro atoms. The number of hydrogen-bond acceptors (Lipinski definition) is 4.